The number of furan rings is 1. The summed E-state index contributed by atoms with van der Waals surface area (Å²) in [5.74, 6) is 0.798. The lowest BCUT2D eigenvalue weighted by Gasteiger charge is -2.35. The first-order valence-corrected chi connectivity index (χ1v) is 10.7. The number of hydrogen-bond acceptors (Lipinski definition) is 6. The number of fused-ring (bicyclic) bond motifs is 1. The summed E-state index contributed by atoms with van der Waals surface area (Å²) in [6.07, 6.45) is 1.42. The maximum absolute atomic E-state index is 12.8. The molecule has 2 aliphatic rings. The van der Waals surface area contributed by atoms with Crippen LogP contribution in [0.15, 0.2) is 40.8 Å². The Bertz CT molecular complexity index is 1010. The number of nitrogens with zero attached hydrogens (tertiary/aromatic N) is 3. The highest BCUT2D eigenvalue weighted by Gasteiger charge is 2.32. The SMILES string of the molecule is O=C(c1ccc(-c2nc3ccccc3s2)o1)N1CCN(C(=O)C2CCCO2)CC1. The molecule has 2 saturated heterocycles. The summed E-state index contributed by atoms with van der Waals surface area (Å²) in [6, 6.07) is 11.4. The Kier molecular flexibility index (Phi) is 4.81. The largest absolute Gasteiger partial charge is 0.448 e. The van der Waals surface area contributed by atoms with E-state index >= 15 is 0 Å². The lowest BCUT2D eigenvalue weighted by Crippen LogP contribution is -2.52. The fourth-order valence-corrected chi connectivity index (χ4v) is 4.73. The minimum absolute atomic E-state index is 0.0470. The third kappa shape index (κ3) is 3.54. The molecule has 0 radical (unpaired) electrons. The van der Waals surface area contributed by atoms with E-state index < -0.39 is 0 Å². The molecule has 4 heterocycles. The van der Waals surface area contributed by atoms with E-state index in [1.807, 2.05) is 24.3 Å². The first-order chi connectivity index (χ1) is 14.2. The molecule has 1 atom stereocenters. The van der Waals surface area contributed by atoms with Gasteiger partial charge in [0.1, 0.15) is 6.10 Å². The molecule has 2 amide bonds. The highest BCUT2D eigenvalue weighted by molar-refractivity contribution is 7.21. The average Bonchev–Trinajstić information content (AvgIpc) is 3.52. The predicted molar refractivity (Wildman–Crippen MR) is 109 cm³/mol. The summed E-state index contributed by atoms with van der Waals surface area (Å²) in [7, 11) is 0. The zero-order chi connectivity index (χ0) is 19.8. The predicted octanol–water partition coefficient (Wildman–Crippen LogP) is 3.02. The molecule has 8 heteroatoms. The molecule has 0 N–H and O–H groups in total. The summed E-state index contributed by atoms with van der Waals surface area (Å²) in [4.78, 5) is 33.4. The zero-order valence-corrected chi connectivity index (χ0v) is 16.7. The van der Waals surface area contributed by atoms with Crippen LogP contribution in [0.1, 0.15) is 23.4 Å². The van der Waals surface area contributed by atoms with E-state index in [2.05, 4.69) is 4.98 Å². The van der Waals surface area contributed by atoms with Gasteiger partial charge in [-0.2, -0.15) is 0 Å². The Hall–Kier alpha value is -2.71. The topological polar surface area (TPSA) is 75.9 Å². The fraction of sp³-hybridized carbons (Fsp3) is 0.381. The van der Waals surface area contributed by atoms with E-state index in [1.54, 1.807) is 33.3 Å². The minimum atomic E-state index is -0.307. The molecule has 150 valence electrons. The van der Waals surface area contributed by atoms with Crippen molar-refractivity contribution in [3.05, 3.63) is 42.2 Å². The Morgan fingerprint density at radius 3 is 2.59 bits per heavy atom. The molecule has 0 aliphatic carbocycles. The Morgan fingerprint density at radius 2 is 1.83 bits per heavy atom. The number of hydrogen-bond donors (Lipinski definition) is 0. The van der Waals surface area contributed by atoms with Crippen LogP contribution in [0.25, 0.3) is 21.0 Å². The van der Waals surface area contributed by atoms with Gasteiger partial charge in [-0.15, -0.1) is 11.3 Å². The zero-order valence-electron chi connectivity index (χ0n) is 15.9. The van der Waals surface area contributed by atoms with Crippen molar-refractivity contribution in [2.24, 2.45) is 0 Å². The first kappa shape index (κ1) is 18.3. The molecule has 0 saturated carbocycles. The smallest absolute Gasteiger partial charge is 0.289 e. The van der Waals surface area contributed by atoms with Crippen LogP contribution in [0.2, 0.25) is 0 Å². The van der Waals surface area contributed by atoms with Gasteiger partial charge in [0.25, 0.3) is 11.8 Å². The number of aromatic nitrogens is 1. The molecule has 29 heavy (non-hydrogen) atoms. The third-order valence-corrected chi connectivity index (χ3v) is 6.46. The standard InChI is InChI=1S/C21H21N3O4S/c25-20(16-5-3-13-27-16)23-9-11-24(12-10-23)21(26)17-8-7-15(28-17)19-22-14-4-1-2-6-18(14)29-19/h1-2,4,6-8,16H,3,5,9-13H2. The van der Waals surface area contributed by atoms with Crippen LogP contribution < -0.4 is 0 Å². The van der Waals surface area contributed by atoms with Gasteiger partial charge >= 0.3 is 0 Å². The molecule has 1 unspecified atom stereocenters. The number of thiazole rings is 1. The summed E-state index contributed by atoms with van der Waals surface area (Å²) in [5, 5.41) is 0.761. The van der Waals surface area contributed by atoms with Gasteiger partial charge in [-0.25, -0.2) is 4.98 Å². The van der Waals surface area contributed by atoms with E-state index in [-0.39, 0.29) is 17.9 Å². The Balaban J connectivity index is 1.24. The van der Waals surface area contributed by atoms with Crippen molar-refractivity contribution in [1.29, 1.82) is 0 Å². The van der Waals surface area contributed by atoms with Crippen molar-refractivity contribution in [2.45, 2.75) is 18.9 Å². The van der Waals surface area contributed by atoms with Crippen LogP contribution in [0.5, 0.6) is 0 Å². The lowest BCUT2D eigenvalue weighted by molar-refractivity contribution is -0.142. The van der Waals surface area contributed by atoms with Crippen molar-refractivity contribution in [2.75, 3.05) is 32.8 Å². The van der Waals surface area contributed by atoms with Crippen molar-refractivity contribution in [1.82, 2.24) is 14.8 Å². The maximum atomic E-state index is 12.8. The second kappa shape index (κ2) is 7.61. The van der Waals surface area contributed by atoms with Gasteiger partial charge in [-0.3, -0.25) is 9.59 Å². The molecule has 0 bridgehead atoms. The molecule has 2 fully saturated rings. The molecule has 1 aromatic carbocycles. The van der Waals surface area contributed by atoms with Gasteiger partial charge < -0.3 is 19.0 Å². The quantitative estimate of drug-likeness (QED) is 0.662. The normalized spacial score (nSPS) is 19.8. The average molecular weight is 411 g/mol. The molecular formula is C21H21N3O4S. The van der Waals surface area contributed by atoms with E-state index in [0.717, 1.165) is 28.1 Å². The van der Waals surface area contributed by atoms with Gasteiger partial charge in [0.05, 0.1) is 10.2 Å². The number of ether oxygens (including phenoxy) is 1. The Morgan fingerprint density at radius 1 is 1.03 bits per heavy atom. The number of rotatable bonds is 3. The number of amides is 2. The monoisotopic (exact) mass is 411 g/mol. The molecule has 7 nitrogen and oxygen atoms in total. The number of carbonyl (C=O) groups is 2. The van der Waals surface area contributed by atoms with E-state index in [0.29, 0.717) is 44.3 Å². The molecular weight excluding hydrogens is 390 g/mol. The second-order valence-corrected chi connectivity index (χ2v) is 8.30. The van der Waals surface area contributed by atoms with Gasteiger partial charge in [0.2, 0.25) is 0 Å². The van der Waals surface area contributed by atoms with Gasteiger partial charge in [-0.05, 0) is 37.1 Å². The number of para-hydroxylation sites is 1. The first-order valence-electron chi connectivity index (χ1n) is 9.84. The summed E-state index contributed by atoms with van der Waals surface area (Å²) in [6.45, 7) is 2.69. The van der Waals surface area contributed by atoms with Gasteiger partial charge in [-0.1, -0.05) is 12.1 Å². The summed E-state index contributed by atoms with van der Waals surface area (Å²) in [5.41, 5.74) is 0.920. The molecule has 2 aliphatic heterocycles. The molecule has 0 spiro atoms. The summed E-state index contributed by atoms with van der Waals surface area (Å²) < 4.78 is 12.4. The minimum Gasteiger partial charge on any atom is -0.448 e. The number of benzene rings is 1. The number of piperazine rings is 1. The van der Waals surface area contributed by atoms with Crippen molar-refractivity contribution in [3.8, 4) is 10.8 Å². The van der Waals surface area contributed by atoms with Crippen LogP contribution in [0.3, 0.4) is 0 Å². The number of carbonyl (C=O) groups excluding carboxylic acids is 2. The van der Waals surface area contributed by atoms with Crippen LogP contribution >= 0.6 is 11.3 Å². The maximum Gasteiger partial charge on any atom is 0.289 e. The third-order valence-electron chi connectivity index (χ3n) is 5.41. The van der Waals surface area contributed by atoms with Crippen LogP contribution in [-0.2, 0) is 9.53 Å². The van der Waals surface area contributed by atoms with E-state index in [4.69, 9.17) is 9.15 Å². The second-order valence-electron chi connectivity index (χ2n) is 7.27. The fourth-order valence-electron chi connectivity index (χ4n) is 3.81. The van der Waals surface area contributed by atoms with Gasteiger partial charge in [0, 0.05) is 32.8 Å². The van der Waals surface area contributed by atoms with E-state index in [1.165, 1.54) is 0 Å². The lowest BCUT2D eigenvalue weighted by atomic mass is 10.2. The van der Waals surface area contributed by atoms with E-state index in [9.17, 15) is 9.59 Å². The van der Waals surface area contributed by atoms with Gasteiger partial charge in [0.15, 0.2) is 16.5 Å². The molecule has 2 aromatic heterocycles. The molecule has 3 aromatic rings. The van der Waals surface area contributed by atoms with Crippen LogP contribution in [0.4, 0.5) is 0 Å². The Labute approximate surface area is 171 Å². The summed E-state index contributed by atoms with van der Waals surface area (Å²) >= 11 is 1.54. The highest BCUT2D eigenvalue weighted by Crippen LogP contribution is 2.31. The van der Waals surface area contributed by atoms with Crippen molar-refractivity contribution >= 4 is 33.4 Å². The molecule has 5 rings (SSSR count). The highest BCUT2D eigenvalue weighted by atomic mass is 32.1. The van der Waals surface area contributed by atoms with Crippen molar-refractivity contribution in [3.63, 3.8) is 0 Å². The van der Waals surface area contributed by atoms with Crippen LogP contribution in [-0.4, -0.2) is 65.5 Å². The van der Waals surface area contributed by atoms with Crippen LogP contribution in [0, 0.1) is 0 Å². The van der Waals surface area contributed by atoms with Crippen molar-refractivity contribution < 1.29 is 18.7 Å².